The summed E-state index contributed by atoms with van der Waals surface area (Å²) in [4.78, 5) is 28.4. The average Bonchev–Trinajstić information content (AvgIpc) is 2.91. The van der Waals surface area contributed by atoms with Gasteiger partial charge in [0.15, 0.2) is 0 Å². The molecule has 2 aromatic heterocycles. The van der Waals surface area contributed by atoms with Crippen LogP contribution >= 0.6 is 11.3 Å². The minimum atomic E-state index is -0.379. The van der Waals surface area contributed by atoms with E-state index in [1.54, 1.807) is 42.9 Å². The van der Waals surface area contributed by atoms with Gasteiger partial charge in [-0.15, -0.1) is 11.3 Å². The maximum Gasteiger partial charge on any atom is 0.340 e. The largest absolute Gasteiger partial charge is 0.462 e. The molecule has 6 heteroatoms. The van der Waals surface area contributed by atoms with E-state index in [1.165, 1.54) is 6.07 Å². The lowest BCUT2D eigenvalue weighted by Crippen LogP contribution is -2.27. The van der Waals surface area contributed by atoms with Crippen molar-refractivity contribution in [1.29, 1.82) is 0 Å². The van der Waals surface area contributed by atoms with Crippen LogP contribution in [0.4, 0.5) is 0 Å². The fourth-order valence-electron chi connectivity index (χ4n) is 2.29. The summed E-state index contributed by atoms with van der Waals surface area (Å²) in [5, 5.41) is 2.88. The van der Waals surface area contributed by atoms with Gasteiger partial charge in [0.2, 0.25) is 0 Å². The number of esters is 1. The molecule has 0 fully saturated rings. The maximum absolute atomic E-state index is 12.1. The highest BCUT2D eigenvalue weighted by atomic mass is 32.1. The lowest BCUT2D eigenvalue weighted by Gasteiger charge is -2.15. The van der Waals surface area contributed by atoms with Crippen molar-refractivity contribution in [3.8, 4) is 0 Å². The molecule has 2 aromatic rings. The zero-order chi connectivity index (χ0) is 15.4. The van der Waals surface area contributed by atoms with Crippen molar-refractivity contribution in [2.75, 3.05) is 6.61 Å². The molecule has 112 valence electrons. The number of pyridine rings is 1. The van der Waals surface area contributed by atoms with Gasteiger partial charge in [0.05, 0.1) is 17.2 Å². The number of rotatable bonds is 5. The molecule has 0 aliphatic rings. The molecular weight excluding hydrogens is 288 g/mol. The minimum absolute atomic E-state index is 0.102. The Morgan fingerprint density at radius 3 is 2.81 bits per heavy atom. The van der Waals surface area contributed by atoms with E-state index in [0.717, 1.165) is 5.01 Å². The fraction of sp³-hybridized carbons (Fsp3) is 0.400. The molecule has 0 saturated carbocycles. The van der Waals surface area contributed by atoms with Gasteiger partial charge in [-0.25, -0.2) is 9.78 Å². The smallest absolute Gasteiger partial charge is 0.340 e. The quantitative estimate of drug-likeness (QED) is 0.796. The van der Waals surface area contributed by atoms with Crippen LogP contribution in [0.3, 0.4) is 0 Å². The lowest BCUT2D eigenvalue weighted by atomic mass is 10.1. The van der Waals surface area contributed by atoms with Crippen molar-refractivity contribution in [3.63, 3.8) is 0 Å². The van der Waals surface area contributed by atoms with E-state index in [2.05, 4.69) is 4.98 Å². The van der Waals surface area contributed by atoms with Crippen molar-refractivity contribution >= 4 is 17.3 Å². The molecule has 0 saturated heterocycles. The zero-order valence-corrected chi connectivity index (χ0v) is 13.2. The first-order chi connectivity index (χ1) is 10.0. The molecule has 21 heavy (non-hydrogen) atoms. The average molecular weight is 306 g/mol. The van der Waals surface area contributed by atoms with Crippen LogP contribution in [-0.4, -0.2) is 22.1 Å². The predicted molar refractivity (Wildman–Crippen MR) is 82.0 cm³/mol. The van der Waals surface area contributed by atoms with E-state index in [-0.39, 0.29) is 11.5 Å². The van der Waals surface area contributed by atoms with Crippen molar-refractivity contribution in [3.05, 3.63) is 49.8 Å². The van der Waals surface area contributed by atoms with Crippen LogP contribution in [0.25, 0.3) is 0 Å². The van der Waals surface area contributed by atoms with Gasteiger partial charge in [-0.3, -0.25) is 4.79 Å². The third kappa shape index (κ3) is 3.39. The highest BCUT2D eigenvalue weighted by Crippen LogP contribution is 2.14. The molecule has 2 rings (SSSR count). The molecule has 0 unspecified atom stereocenters. The van der Waals surface area contributed by atoms with E-state index in [1.807, 2.05) is 5.38 Å². The number of ether oxygens (including phenoxy) is 1. The SMILES string of the molecule is CCOC(=O)c1c(C)cc(=O)n(CCc2nccs2)c1C. The standard InChI is InChI=1S/C15H18N2O3S/c1-4-20-15(19)14-10(2)9-13(18)17(11(14)3)7-5-12-16-6-8-21-12/h6,8-9H,4-5,7H2,1-3H3. The highest BCUT2D eigenvalue weighted by molar-refractivity contribution is 7.09. The van der Waals surface area contributed by atoms with Gasteiger partial charge in [0.25, 0.3) is 5.56 Å². The van der Waals surface area contributed by atoms with E-state index in [0.29, 0.717) is 36.4 Å². The van der Waals surface area contributed by atoms with Gasteiger partial charge >= 0.3 is 5.97 Å². The van der Waals surface area contributed by atoms with Crippen molar-refractivity contribution < 1.29 is 9.53 Å². The number of nitrogens with zero attached hydrogens (tertiary/aromatic N) is 2. The molecule has 0 bridgehead atoms. The van der Waals surface area contributed by atoms with Gasteiger partial charge in [0, 0.05) is 36.3 Å². The van der Waals surface area contributed by atoms with Gasteiger partial charge < -0.3 is 9.30 Å². The van der Waals surface area contributed by atoms with E-state index < -0.39 is 0 Å². The van der Waals surface area contributed by atoms with Gasteiger partial charge in [-0.1, -0.05) is 0 Å². The second-order valence-electron chi connectivity index (χ2n) is 4.67. The van der Waals surface area contributed by atoms with Crippen molar-refractivity contribution in [1.82, 2.24) is 9.55 Å². The van der Waals surface area contributed by atoms with Crippen molar-refractivity contribution in [2.45, 2.75) is 33.7 Å². The molecule has 5 nitrogen and oxygen atoms in total. The number of hydrogen-bond acceptors (Lipinski definition) is 5. The molecule has 0 aliphatic heterocycles. The number of carbonyl (C=O) groups excluding carboxylic acids is 1. The van der Waals surface area contributed by atoms with Gasteiger partial charge in [-0.2, -0.15) is 0 Å². The highest BCUT2D eigenvalue weighted by Gasteiger charge is 2.17. The Labute approximate surface area is 127 Å². The minimum Gasteiger partial charge on any atom is -0.462 e. The summed E-state index contributed by atoms with van der Waals surface area (Å²) in [5.74, 6) is -0.379. The first-order valence-corrected chi connectivity index (χ1v) is 7.69. The predicted octanol–water partition coefficient (Wildman–Crippen LogP) is 2.34. The normalized spacial score (nSPS) is 10.6. The van der Waals surface area contributed by atoms with Crippen molar-refractivity contribution in [2.24, 2.45) is 0 Å². The Morgan fingerprint density at radius 2 is 2.19 bits per heavy atom. The number of thiazole rings is 1. The Balaban J connectivity index is 2.34. The van der Waals surface area contributed by atoms with Crippen LogP contribution in [0.5, 0.6) is 0 Å². The monoisotopic (exact) mass is 306 g/mol. The number of aryl methyl sites for hydroxylation is 2. The molecule has 0 atom stereocenters. The van der Waals surface area contributed by atoms with Gasteiger partial charge in [0.1, 0.15) is 0 Å². The lowest BCUT2D eigenvalue weighted by molar-refractivity contribution is 0.0523. The first-order valence-electron chi connectivity index (χ1n) is 6.81. The summed E-state index contributed by atoms with van der Waals surface area (Å²) in [6.07, 6.45) is 2.42. The molecule has 0 N–H and O–H groups in total. The fourth-order valence-corrected chi connectivity index (χ4v) is 2.90. The summed E-state index contributed by atoms with van der Waals surface area (Å²) in [5.41, 5.74) is 1.68. The van der Waals surface area contributed by atoms with Crippen LogP contribution in [0.2, 0.25) is 0 Å². The maximum atomic E-state index is 12.1. The second kappa shape index (κ2) is 6.67. The summed E-state index contributed by atoms with van der Waals surface area (Å²) >= 11 is 1.56. The number of carbonyl (C=O) groups is 1. The third-order valence-corrected chi connectivity index (χ3v) is 4.12. The van der Waals surface area contributed by atoms with Crippen LogP contribution in [0.1, 0.15) is 33.5 Å². The van der Waals surface area contributed by atoms with Crippen LogP contribution in [0, 0.1) is 13.8 Å². The summed E-state index contributed by atoms with van der Waals surface area (Å²) < 4.78 is 6.68. The van der Waals surface area contributed by atoms with Crippen LogP contribution in [0.15, 0.2) is 22.4 Å². The Hall–Kier alpha value is -1.95. The van der Waals surface area contributed by atoms with Crippen LogP contribution in [-0.2, 0) is 17.7 Å². The molecule has 0 aliphatic carbocycles. The second-order valence-corrected chi connectivity index (χ2v) is 5.65. The summed E-state index contributed by atoms with van der Waals surface area (Å²) in [6, 6.07) is 1.49. The number of hydrogen-bond donors (Lipinski definition) is 0. The molecule has 0 amide bonds. The first kappa shape index (κ1) is 15.4. The van der Waals surface area contributed by atoms with E-state index in [4.69, 9.17) is 4.74 Å². The Bertz CT molecular complexity index is 690. The summed E-state index contributed by atoms with van der Waals surface area (Å²) in [6.45, 7) is 6.12. The van der Waals surface area contributed by atoms with Gasteiger partial charge in [-0.05, 0) is 26.3 Å². The molecule has 0 aromatic carbocycles. The molecule has 0 spiro atoms. The Kier molecular flexibility index (Phi) is 4.90. The van der Waals surface area contributed by atoms with Crippen LogP contribution < -0.4 is 5.56 Å². The molecular formula is C15H18N2O3S. The molecule has 0 radical (unpaired) electrons. The molecule has 2 heterocycles. The third-order valence-electron chi connectivity index (χ3n) is 3.28. The zero-order valence-electron chi connectivity index (χ0n) is 12.4. The van der Waals surface area contributed by atoms with E-state index in [9.17, 15) is 9.59 Å². The van der Waals surface area contributed by atoms with E-state index >= 15 is 0 Å². The number of aromatic nitrogens is 2. The summed E-state index contributed by atoms with van der Waals surface area (Å²) in [7, 11) is 0. The topological polar surface area (TPSA) is 61.2 Å². The Morgan fingerprint density at radius 1 is 1.43 bits per heavy atom.